The molecule has 0 bridgehead atoms. The average molecular weight is 1030 g/mol. The molecule has 1 heterocycles. The summed E-state index contributed by atoms with van der Waals surface area (Å²) >= 11 is 0. The summed E-state index contributed by atoms with van der Waals surface area (Å²) in [6, 6.07) is -0.844. The van der Waals surface area contributed by atoms with Crippen molar-refractivity contribution < 1.29 is 39.8 Å². The van der Waals surface area contributed by atoms with Crippen LogP contribution in [0.1, 0.15) is 226 Å². The molecule has 0 spiro atoms. The lowest BCUT2D eigenvalue weighted by Crippen LogP contribution is -2.60. The Bertz CT molecular complexity index is 1570. The number of unbranched alkanes of at least 4 members (excludes halogenated alkanes) is 21. The summed E-state index contributed by atoms with van der Waals surface area (Å²) in [7, 11) is 0. The SMILES string of the molecule is CC/C=C\C/C=C\C/C=C\C/C=C\C/C=C\C/C=C\C/C=C\CCCCCCCCCC(=O)NC(COC1OC(CO)C(O)C(O)C1O)C(O)/C=C/CC/C=C/CC/C=C/CCCCCCCCCCCCCC. The lowest BCUT2D eigenvalue weighted by atomic mass is 9.99. The molecular weight excluding hydrogens is 923 g/mol. The quantitative estimate of drug-likeness (QED) is 0.0261. The predicted octanol–water partition coefficient (Wildman–Crippen LogP) is 15.1. The fraction of sp³-hybridized carbons (Fsp3) is 0.677. The van der Waals surface area contributed by atoms with Gasteiger partial charge < -0.3 is 40.3 Å². The van der Waals surface area contributed by atoms with Crippen molar-refractivity contribution in [3.8, 4) is 0 Å². The molecule has 0 aliphatic carbocycles. The fourth-order valence-corrected chi connectivity index (χ4v) is 8.58. The van der Waals surface area contributed by atoms with Crippen molar-refractivity contribution in [2.75, 3.05) is 13.2 Å². The maximum atomic E-state index is 13.1. The molecule has 0 radical (unpaired) electrons. The summed E-state index contributed by atoms with van der Waals surface area (Å²) < 4.78 is 11.3. The maximum absolute atomic E-state index is 13.1. The van der Waals surface area contributed by atoms with Crippen molar-refractivity contribution in [1.82, 2.24) is 5.32 Å². The molecule has 1 saturated heterocycles. The van der Waals surface area contributed by atoms with Crippen LogP contribution in [0.4, 0.5) is 0 Å². The van der Waals surface area contributed by atoms with E-state index in [1.165, 1.54) is 96.3 Å². The maximum Gasteiger partial charge on any atom is 0.220 e. The van der Waals surface area contributed by atoms with E-state index in [1.807, 2.05) is 6.08 Å². The Balaban J connectivity index is 2.28. The first-order chi connectivity index (χ1) is 36.3. The second-order valence-corrected chi connectivity index (χ2v) is 20.0. The van der Waals surface area contributed by atoms with Crippen LogP contribution in [0.5, 0.6) is 0 Å². The molecule has 9 nitrogen and oxygen atoms in total. The molecule has 1 aliphatic heterocycles. The van der Waals surface area contributed by atoms with Gasteiger partial charge in [0.2, 0.25) is 5.91 Å². The van der Waals surface area contributed by atoms with Crippen LogP contribution in [0.3, 0.4) is 0 Å². The monoisotopic (exact) mass is 1030 g/mol. The Morgan fingerprint density at radius 2 is 0.851 bits per heavy atom. The standard InChI is InChI=1S/C65H109NO8/c1-3-5-7-9-11-13-15-17-19-21-23-25-27-28-29-30-31-32-33-35-37-39-41-43-45-47-49-51-53-55-61(69)66-58(57-73-65-64(72)63(71)62(70)60(56-67)74-65)59(68)54-52-50-48-46-44-42-40-38-36-34-26-24-22-20-18-16-14-12-10-8-6-4-2/h5,7,11,13,17,19,23,25,28-29,31-32,35-38,44,46,52,54,58-60,62-65,67-68,70-72H,3-4,6,8-10,12,14-16,18,20-22,24,26-27,30,33-34,39-43,45,47-51,53,55-57H2,1-2H3,(H,66,69)/b7-5-,13-11-,19-17-,25-23-,29-28-,32-31-,37-35-,38-36+,46-44+,54-52+. The van der Waals surface area contributed by atoms with E-state index in [0.717, 1.165) is 109 Å². The van der Waals surface area contributed by atoms with E-state index in [1.54, 1.807) is 6.08 Å². The normalized spacial score (nSPS) is 19.9. The summed E-state index contributed by atoms with van der Waals surface area (Å²) in [4.78, 5) is 13.1. The highest BCUT2D eigenvalue weighted by Crippen LogP contribution is 2.23. The molecule has 1 aliphatic rings. The molecule has 9 heteroatoms. The number of hydrogen-bond acceptors (Lipinski definition) is 8. The minimum Gasteiger partial charge on any atom is -0.394 e. The van der Waals surface area contributed by atoms with E-state index in [4.69, 9.17) is 9.47 Å². The van der Waals surface area contributed by atoms with Crippen LogP contribution in [0.15, 0.2) is 122 Å². The fourth-order valence-electron chi connectivity index (χ4n) is 8.58. The molecule has 6 N–H and O–H groups in total. The van der Waals surface area contributed by atoms with Crippen molar-refractivity contribution in [3.63, 3.8) is 0 Å². The van der Waals surface area contributed by atoms with Crippen LogP contribution < -0.4 is 5.32 Å². The predicted molar refractivity (Wildman–Crippen MR) is 313 cm³/mol. The molecule has 0 aromatic carbocycles. The smallest absolute Gasteiger partial charge is 0.220 e. The van der Waals surface area contributed by atoms with E-state index < -0.39 is 49.5 Å². The highest BCUT2D eigenvalue weighted by molar-refractivity contribution is 5.76. The van der Waals surface area contributed by atoms with Crippen molar-refractivity contribution >= 4 is 5.91 Å². The third kappa shape index (κ3) is 41.8. The van der Waals surface area contributed by atoms with E-state index >= 15 is 0 Å². The summed E-state index contributed by atoms with van der Waals surface area (Å²) in [5.74, 6) is -0.207. The molecule has 422 valence electrons. The molecule has 1 fully saturated rings. The summed E-state index contributed by atoms with van der Waals surface area (Å²) in [6.07, 6.45) is 72.6. The number of amides is 1. The first-order valence-corrected chi connectivity index (χ1v) is 29.8. The Kier molecular flexibility index (Phi) is 49.1. The average Bonchev–Trinajstić information content (AvgIpc) is 3.40. The van der Waals surface area contributed by atoms with Gasteiger partial charge in [-0.3, -0.25) is 4.79 Å². The van der Waals surface area contributed by atoms with Crippen LogP contribution in [0, 0.1) is 0 Å². The summed E-state index contributed by atoms with van der Waals surface area (Å²) in [5.41, 5.74) is 0. The van der Waals surface area contributed by atoms with Crippen molar-refractivity contribution in [1.29, 1.82) is 0 Å². The number of rotatable bonds is 49. The second kappa shape index (κ2) is 53.0. The van der Waals surface area contributed by atoms with Gasteiger partial charge in [-0.05, 0) is 103 Å². The van der Waals surface area contributed by atoms with Gasteiger partial charge in [0.25, 0.3) is 0 Å². The van der Waals surface area contributed by atoms with E-state index in [0.29, 0.717) is 6.42 Å². The first-order valence-electron chi connectivity index (χ1n) is 29.8. The van der Waals surface area contributed by atoms with E-state index in [9.17, 15) is 30.3 Å². The van der Waals surface area contributed by atoms with Crippen molar-refractivity contribution in [2.45, 2.75) is 269 Å². The molecule has 7 atom stereocenters. The lowest BCUT2D eigenvalue weighted by Gasteiger charge is -2.40. The minimum atomic E-state index is -1.58. The molecule has 0 saturated carbocycles. The first kappa shape index (κ1) is 68.6. The van der Waals surface area contributed by atoms with Gasteiger partial charge in [0.05, 0.1) is 25.4 Å². The van der Waals surface area contributed by atoms with Gasteiger partial charge in [0, 0.05) is 6.42 Å². The largest absolute Gasteiger partial charge is 0.394 e. The van der Waals surface area contributed by atoms with Gasteiger partial charge in [0.15, 0.2) is 6.29 Å². The Morgan fingerprint density at radius 3 is 1.30 bits per heavy atom. The number of nitrogens with one attached hydrogen (secondary N) is 1. The lowest BCUT2D eigenvalue weighted by molar-refractivity contribution is -0.302. The van der Waals surface area contributed by atoms with Crippen LogP contribution in [-0.4, -0.2) is 87.5 Å². The van der Waals surface area contributed by atoms with Gasteiger partial charge in [-0.2, -0.15) is 0 Å². The number of aliphatic hydroxyl groups is 5. The van der Waals surface area contributed by atoms with Crippen LogP contribution in [-0.2, 0) is 14.3 Å². The Labute approximate surface area is 452 Å². The van der Waals surface area contributed by atoms with Gasteiger partial charge in [-0.15, -0.1) is 0 Å². The number of allylic oxidation sites excluding steroid dienone is 19. The zero-order chi connectivity index (χ0) is 53.6. The van der Waals surface area contributed by atoms with Crippen molar-refractivity contribution in [3.05, 3.63) is 122 Å². The number of carbonyl (C=O) groups is 1. The molecule has 0 aromatic rings. The third-order valence-corrected chi connectivity index (χ3v) is 13.2. The molecular formula is C65H109NO8. The van der Waals surface area contributed by atoms with Crippen molar-refractivity contribution in [2.24, 2.45) is 0 Å². The molecule has 7 unspecified atom stereocenters. The van der Waals surface area contributed by atoms with Gasteiger partial charge in [-0.25, -0.2) is 0 Å². The van der Waals surface area contributed by atoms with E-state index in [2.05, 4.69) is 129 Å². The Morgan fingerprint density at radius 1 is 0.473 bits per heavy atom. The van der Waals surface area contributed by atoms with Crippen LogP contribution in [0.2, 0.25) is 0 Å². The summed E-state index contributed by atoms with van der Waals surface area (Å²) in [5, 5.41) is 54.5. The number of aliphatic hydroxyl groups excluding tert-OH is 5. The topological polar surface area (TPSA) is 149 Å². The molecule has 0 aromatic heterocycles. The highest BCUT2D eigenvalue weighted by atomic mass is 16.7. The molecule has 1 rings (SSSR count). The van der Waals surface area contributed by atoms with Crippen LogP contribution >= 0.6 is 0 Å². The van der Waals surface area contributed by atoms with Gasteiger partial charge in [0.1, 0.15) is 24.4 Å². The van der Waals surface area contributed by atoms with Gasteiger partial charge >= 0.3 is 0 Å². The second-order valence-electron chi connectivity index (χ2n) is 20.0. The number of hydrogen-bond donors (Lipinski definition) is 6. The zero-order valence-electron chi connectivity index (χ0n) is 46.8. The van der Waals surface area contributed by atoms with E-state index in [-0.39, 0.29) is 12.5 Å². The van der Waals surface area contributed by atoms with Crippen LogP contribution in [0.25, 0.3) is 0 Å². The minimum absolute atomic E-state index is 0.207. The molecule has 1 amide bonds. The third-order valence-electron chi connectivity index (χ3n) is 13.2. The van der Waals surface area contributed by atoms with Gasteiger partial charge in [-0.1, -0.05) is 238 Å². The number of carbonyl (C=O) groups excluding carboxylic acids is 1. The number of ether oxygens (including phenoxy) is 2. The summed E-state index contributed by atoms with van der Waals surface area (Å²) in [6.45, 7) is 3.63. The highest BCUT2D eigenvalue weighted by Gasteiger charge is 2.44. The zero-order valence-corrected chi connectivity index (χ0v) is 46.8. The Hall–Kier alpha value is -3.41. The molecule has 74 heavy (non-hydrogen) atoms.